The summed E-state index contributed by atoms with van der Waals surface area (Å²) in [5.74, 6) is 0.862. The molecule has 0 aliphatic rings. The van der Waals surface area contributed by atoms with E-state index in [4.69, 9.17) is 9.97 Å². The van der Waals surface area contributed by atoms with E-state index >= 15 is 0 Å². The molecular weight excluding hydrogens is 793 g/mol. The normalized spacial score (nSPS) is 11.7. The van der Waals surface area contributed by atoms with Gasteiger partial charge in [-0.15, -0.1) is 0 Å². The van der Waals surface area contributed by atoms with Crippen LogP contribution in [0.4, 0.5) is 0 Å². The molecule has 4 aromatic heterocycles. The number of rotatable bonds is 9. The molecular formula is C59H46N4Si. The summed E-state index contributed by atoms with van der Waals surface area (Å²) < 4.78 is 4.83. The van der Waals surface area contributed by atoms with Gasteiger partial charge in [-0.3, -0.25) is 9.55 Å². The van der Waals surface area contributed by atoms with Gasteiger partial charge in [0.05, 0.1) is 36.2 Å². The lowest BCUT2D eigenvalue weighted by Gasteiger charge is -2.21. The van der Waals surface area contributed by atoms with E-state index in [1.807, 2.05) is 12.3 Å². The second-order valence-corrected chi connectivity index (χ2v) is 22.5. The molecule has 64 heavy (non-hydrogen) atoms. The molecule has 11 rings (SSSR count). The van der Waals surface area contributed by atoms with Crippen LogP contribution in [-0.4, -0.2) is 27.2 Å². The number of aromatic nitrogens is 4. The quantitative estimate of drug-likeness (QED) is 0.136. The van der Waals surface area contributed by atoms with Crippen molar-refractivity contribution in [2.45, 2.75) is 19.6 Å². The molecule has 0 fully saturated rings. The summed E-state index contributed by atoms with van der Waals surface area (Å²) in [6.07, 6.45) is 4.03. The van der Waals surface area contributed by atoms with Crippen molar-refractivity contribution in [3.63, 3.8) is 0 Å². The highest BCUT2D eigenvalue weighted by atomic mass is 28.3. The van der Waals surface area contributed by atoms with Crippen molar-refractivity contribution < 1.29 is 0 Å². The number of fused-ring (bicyclic) bond motifs is 2. The first-order chi connectivity index (χ1) is 31.4. The number of nitrogens with zero attached hydrogens (tertiary/aromatic N) is 4. The summed E-state index contributed by atoms with van der Waals surface area (Å²) in [5, 5.41) is 3.69. The fraction of sp³-hybridized carbons (Fsp3) is 0.0508. The third kappa shape index (κ3) is 6.87. The zero-order valence-electron chi connectivity index (χ0n) is 36.2. The van der Waals surface area contributed by atoms with Crippen LogP contribution in [0.2, 0.25) is 19.6 Å². The highest BCUT2D eigenvalue weighted by Crippen LogP contribution is 2.47. The Morgan fingerprint density at radius 3 is 1.41 bits per heavy atom. The Morgan fingerprint density at radius 2 is 0.875 bits per heavy atom. The Morgan fingerprint density at radius 1 is 0.391 bits per heavy atom. The highest BCUT2D eigenvalue weighted by molar-refractivity contribution is 6.89. The number of hydrogen-bond donors (Lipinski definition) is 0. The summed E-state index contributed by atoms with van der Waals surface area (Å²) in [5.41, 5.74) is 16.9. The summed E-state index contributed by atoms with van der Waals surface area (Å²) in [4.78, 5) is 10.2. The zero-order valence-corrected chi connectivity index (χ0v) is 37.2. The largest absolute Gasteiger partial charge is 0.309 e. The molecule has 0 bridgehead atoms. The van der Waals surface area contributed by atoms with Crippen molar-refractivity contribution >= 4 is 35.1 Å². The maximum atomic E-state index is 5.23. The molecule has 0 unspecified atom stereocenters. The van der Waals surface area contributed by atoms with Crippen molar-refractivity contribution in [2.75, 3.05) is 0 Å². The molecule has 0 N–H and O–H groups in total. The molecule has 0 atom stereocenters. The third-order valence-electron chi connectivity index (χ3n) is 12.4. The zero-order chi connectivity index (χ0) is 43.2. The van der Waals surface area contributed by atoms with Gasteiger partial charge in [-0.1, -0.05) is 196 Å². The van der Waals surface area contributed by atoms with Crippen LogP contribution >= 0.6 is 0 Å². The average Bonchev–Trinajstić information content (AvgIpc) is 3.88. The van der Waals surface area contributed by atoms with Crippen molar-refractivity contribution in [3.05, 3.63) is 225 Å². The Hall–Kier alpha value is -7.86. The monoisotopic (exact) mass is 838 g/mol. The van der Waals surface area contributed by atoms with Crippen molar-refractivity contribution in [3.8, 4) is 78.7 Å². The maximum Gasteiger partial charge on any atom is 0.137 e. The van der Waals surface area contributed by atoms with Crippen LogP contribution in [0, 0.1) is 0 Å². The summed E-state index contributed by atoms with van der Waals surface area (Å²) in [6.45, 7) is 7.20. The predicted molar refractivity (Wildman–Crippen MR) is 271 cm³/mol. The fourth-order valence-electron chi connectivity index (χ4n) is 9.46. The molecule has 5 heteroatoms. The van der Waals surface area contributed by atoms with Gasteiger partial charge in [0.15, 0.2) is 0 Å². The van der Waals surface area contributed by atoms with Gasteiger partial charge in [0.2, 0.25) is 0 Å². The molecule has 0 amide bonds. The third-order valence-corrected chi connectivity index (χ3v) is 14.4. The summed E-state index contributed by atoms with van der Waals surface area (Å²) in [6, 6.07) is 76.3. The average molecular weight is 839 g/mol. The molecule has 0 aliphatic heterocycles. The molecule has 0 saturated heterocycles. The number of benzene rings is 7. The van der Waals surface area contributed by atoms with Crippen LogP contribution in [0.15, 0.2) is 225 Å². The Bertz CT molecular complexity index is 3430. The van der Waals surface area contributed by atoms with Gasteiger partial charge in [-0.05, 0) is 75.0 Å². The Labute approximate surface area is 375 Å². The van der Waals surface area contributed by atoms with Gasteiger partial charge >= 0.3 is 0 Å². The molecule has 0 radical (unpaired) electrons. The summed E-state index contributed by atoms with van der Waals surface area (Å²) >= 11 is 0. The van der Waals surface area contributed by atoms with Crippen molar-refractivity contribution in [1.82, 2.24) is 19.1 Å². The maximum absolute atomic E-state index is 5.23. The molecule has 7 aromatic carbocycles. The molecule has 11 aromatic rings. The molecule has 4 heterocycles. The lowest BCUT2D eigenvalue weighted by Crippen LogP contribution is -2.39. The van der Waals surface area contributed by atoms with Crippen molar-refractivity contribution in [2.24, 2.45) is 0 Å². The van der Waals surface area contributed by atoms with E-state index < -0.39 is 8.07 Å². The first-order valence-electron chi connectivity index (χ1n) is 22.0. The lowest BCUT2D eigenvalue weighted by atomic mass is 9.97. The topological polar surface area (TPSA) is 35.6 Å². The molecule has 0 saturated carbocycles. The van der Waals surface area contributed by atoms with Crippen LogP contribution in [-0.2, 0) is 0 Å². The second kappa shape index (κ2) is 16.1. The van der Waals surface area contributed by atoms with E-state index in [1.54, 1.807) is 0 Å². The van der Waals surface area contributed by atoms with Gasteiger partial charge in [0.1, 0.15) is 5.82 Å². The summed E-state index contributed by atoms with van der Waals surface area (Å²) in [7, 11) is -1.73. The van der Waals surface area contributed by atoms with Crippen LogP contribution in [0.25, 0.3) is 100 Å². The van der Waals surface area contributed by atoms with E-state index in [9.17, 15) is 0 Å². The van der Waals surface area contributed by atoms with Gasteiger partial charge in [0, 0.05) is 45.5 Å². The lowest BCUT2D eigenvalue weighted by molar-refractivity contribution is 1.05. The smallest absolute Gasteiger partial charge is 0.137 e. The predicted octanol–water partition coefficient (Wildman–Crippen LogP) is 14.9. The van der Waals surface area contributed by atoms with E-state index in [0.717, 1.165) is 72.8 Å². The van der Waals surface area contributed by atoms with Gasteiger partial charge in [-0.25, -0.2) is 4.98 Å². The Kier molecular flexibility index (Phi) is 9.82. The molecule has 306 valence electrons. The van der Waals surface area contributed by atoms with Crippen LogP contribution in [0.3, 0.4) is 0 Å². The van der Waals surface area contributed by atoms with Gasteiger partial charge in [-0.2, -0.15) is 0 Å². The minimum atomic E-state index is -1.73. The number of hydrogen-bond acceptors (Lipinski definition) is 2. The standard InChI is InChI=1S/C59H46N4Si/c1-64(2,3)54-40-61-51(39-50(54)41-21-9-4-10-22-41)46-32-34-48-52(37-46)62(58(44-27-15-7-16-28-44)56(48)42-23-11-5-12-24-42)47-33-35-49-53(38-47)63(55-31-19-20-36-60-55)59(45-29-17-8-18-30-45)57(49)43-25-13-6-14-26-43/h4-40H,1-3H3. The molecule has 4 nitrogen and oxygen atoms in total. The van der Waals surface area contributed by atoms with Crippen LogP contribution in [0.5, 0.6) is 0 Å². The highest BCUT2D eigenvalue weighted by Gasteiger charge is 2.27. The molecule has 0 spiro atoms. The first-order valence-corrected chi connectivity index (χ1v) is 25.5. The SMILES string of the molecule is C[Si](C)(C)c1cnc(-c2ccc3c(-c4ccccc4)c(-c4ccccc4)n(-c4ccc5c(-c6ccccc6)c(-c6ccccc6)n(-c6ccccn6)c5c4)c3c2)cc1-c1ccccc1. The fourth-order valence-corrected chi connectivity index (χ4v) is 10.9. The van der Waals surface area contributed by atoms with Gasteiger partial charge < -0.3 is 4.57 Å². The van der Waals surface area contributed by atoms with Crippen LogP contribution in [0.1, 0.15) is 0 Å². The van der Waals surface area contributed by atoms with E-state index in [1.165, 1.54) is 32.8 Å². The minimum Gasteiger partial charge on any atom is -0.309 e. The van der Waals surface area contributed by atoms with E-state index in [-0.39, 0.29) is 0 Å². The Balaban J connectivity index is 1.24. The minimum absolute atomic E-state index is 0.862. The van der Waals surface area contributed by atoms with Gasteiger partial charge in [0.25, 0.3) is 0 Å². The van der Waals surface area contributed by atoms with E-state index in [0.29, 0.717) is 0 Å². The van der Waals surface area contributed by atoms with Crippen molar-refractivity contribution in [1.29, 1.82) is 0 Å². The van der Waals surface area contributed by atoms with Crippen LogP contribution < -0.4 is 5.19 Å². The molecule has 0 aliphatic carbocycles. The van der Waals surface area contributed by atoms with E-state index in [2.05, 4.69) is 241 Å². The first kappa shape index (κ1) is 39.0. The number of pyridine rings is 2. The second-order valence-electron chi connectivity index (χ2n) is 17.4.